The molecule has 6 aromatic rings. The van der Waals surface area contributed by atoms with Crippen molar-refractivity contribution >= 4 is 12.2 Å². The average molecular weight is 817 g/mol. The van der Waals surface area contributed by atoms with Crippen LogP contribution in [-0.2, 0) is 26.2 Å². The topological polar surface area (TPSA) is 26.3 Å². The molecule has 0 N–H and O–H groups in total. The van der Waals surface area contributed by atoms with Crippen molar-refractivity contribution in [2.75, 3.05) is 0 Å². The molecule has 0 amide bonds. The van der Waals surface area contributed by atoms with Crippen molar-refractivity contribution in [2.45, 2.75) is 78.1 Å². The van der Waals surface area contributed by atoms with Gasteiger partial charge in [0.05, 0.1) is 11.5 Å². The van der Waals surface area contributed by atoms with Gasteiger partial charge in [-0.05, 0) is 96.9 Å². The molecule has 268 valence electrons. The van der Waals surface area contributed by atoms with Crippen molar-refractivity contribution in [1.82, 2.24) is 0 Å². The average Bonchev–Trinajstić information content (AvgIpc) is 3.97. The third kappa shape index (κ3) is 8.86. The van der Waals surface area contributed by atoms with Gasteiger partial charge in [0.2, 0.25) is 0 Å². The number of hydrogen-bond donors (Lipinski definition) is 0. The predicted octanol–water partition coefficient (Wildman–Crippen LogP) is 7.47. The standard InChI is InChI=1S/2C24H23O.2ClH.Zr/c2*1-4-16(2)18-9-11-19(12-10-18)20-6-5-7-21-22(20)13-14-23(21)24-15-8-17(3)25-24;;;/h2*5-13,15-16,23H,4H2,1-3H3;2*1H;/q2*-1;;;+4/p-2. The summed E-state index contributed by atoms with van der Waals surface area (Å²) in [6, 6.07) is 39.2. The maximum Gasteiger partial charge on any atom is 4.00 e. The molecule has 2 aromatic heterocycles. The zero-order valence-corrected chi connectivity index (χ0v) is 35.3. The van der Waals surface area contributed by atoms with E-state index in [4.69, 9.17) is 8.83 Å². The summed E-state index contributed by atoms with van der Waals surface area (Å²) in [6.07, 6.45) is 13.5. The van der Waals surface area contributed by atoms with Crippen LogP contribution in [0.3, 0.4) is 0 Å². The monoisotopic (exact) mass is 814 g/mol. The van der Waals surface area contributed by atoms with E-state index in [2.05, 4.69) is 149 Å². The molecule has 5 heteroatoms. The van der Waals surface area contributed by atoms with Crippen LogP contribution in [0, 0.1) is 26.0 Å². The van der Waals surface area contributed by atoms with E-state index in [0.29, 0.717) is 11.8 Å². The molecule has 2 aliphatic rings. The molecule has 0 spiro atoms. The van der Waals surface area contributed by atoms with Gasteiger partial charge in [0.15, 0.2) is 0 Å². The Balaban J connectivity index is 0.000000224. The van der Waals surface area contributed by atoms with E-state index in [1.807, 2.05) is 26.0 Å². The molecule has 0 radical (unpaired) electrons. The van der Waals surface area contributed by atoms with Crippen molar-refractivity contribution in [3.05, 3.63) is 178 Å². The SMILES string of the molecule is CCC(C)c1ccc(-c2cccc3c2C=[C-]C3c2ccc(C)o2)cc1.CCC(C)c1ccc(-c2cccc3c2C=[C-]C3c2ccc(C)o2)cc1.[Cl-].[Cl-].[Zr+4]. The Bertz CT molecular complexity index is 2000. The van der Waals surface area contributed by atoms with Gasteiger partial charge in [0, 0.05) is 0 Å². The summed E-state index contributed by atoms with van der Waals surface area (Å²) in [5, 5.41) is 0. The maximum absolute atomic E-state index is 5.84. The summed E-state index contributed by atoms with van der Waals surface area (Å²) in [6.45, 7) is 13.0. The zero-order chi connectivity index (χ0) is 34.8. The summed E-state index contributed by atoms with van der Waals surface area (Å²) < 4.78 is 11.7. The Morgan fingerprint density at radius 1 is 0.528 bits per heavy atom. The van der Waals surface area contributed by atoms with E-state index in [-0.39, 0.29) is 62.9 Å². The van der Waals surface area contributed by atoms with E-state index in [9.17, 15) is 0 Å². The van der Waals surface area contributed by atoms with Crippen molar-refractivity contribution in [2.24, 2.45) is 0 Å². The second-order valence-electron chi connectivity index (χ2n) is 13.9. The molecule has 0 saturated heterocycles. The molecule has 0 bridgehead atoms. The fourth-order valence-corrected chi connectivity index (χ4v) is 7.15. The normalized spacial score (nSPS) is 15.9. The Morgan fingerprint density at radius 2 is 0.906 bits per heavy atom. The summed E-state index contributed by atoms with van der Waals surface area (Å²) >= 11 is 0. The Hall–Kier alpha value is -3.62. The Labute approximate surface area is 347 Å². The summed E-state index contributed by atoms with van der Waals surface area (Å²) in [5.41, 5.74) is 13.0. The molecule has 4 aromatic carbocycles. The largest absolute Gasteiger partial charge is 4.00 e. The zero-order valence-electron chi connectivity index (χ0n) is 31.3. The quantitative estimate of drug-likeness (QED) is 0.149. The number of aryl methyl sites for hydroxylation is 2. The second-order valence-corrected chi connectivity index (χ2v) is 13.9. The van der Waals surface area contributed by atoms with Gasteiger partial charge in [-0.3, -0.25) is 12.2 Å². The van der Waals surface area contributed by atoms with Crippen molar-refractivity contribution < 1.29 is 59.9 Å². The van der Waals surface area contributed by atoms with Crippen LogP contribution in [0.5, 0.6) is 0 Å². The van der Waals surface area contributed by atoms with Crippen molar-refractivity contribution in [3.8, 4) is 22.3 Å². The van der Waals surface area contributed by atoms with E-state index in [0.717, 1.165) is 23.0 Å². The van der Waals surface area contributed by atoms with Crippen LogP contribution in [0.15, 0.2) is 118 Å². The van der Waals surface area contributed by atoms with E-state index in [1.54, 1.807) is 0 Å². The summed E-state index contributed by atoms with van der Waals surface area (Å²) in [5.74, 6) is 5.24. The van der Waals surface area contributed by atoms with E-state index < -0.39 is 0 Å². The molecule has 4 atom stereocenters. The molecule has 2 nitrogen and oxygen atoms in total. The summed E-state index contributed by atoms with van der Waals surface area (Å²) in [7, 11) is 0. The second kappa shape index (κ2) is 18.6. The molecule has 2 heterocycles. The molecule has 53 heavy (non-hydrogen) atoms. The maximum atomic E-state index is 5.84. The van der Waals surface area contributed by atoms with Gasteiger partial charge < -0.3 is 33.6 Å². The first-order valence-electron chi connectivity index (χ1n) is 18.1. The molecule has 0 fully saturated rings. The Morgan fingerprint density at radius 3 is 1.23 bits per heavy atom. The predicted molar refractivity (Wildman–Crippen MR) is 207 cm³/mol. The van der Waals surface area contributed by atoms with Crippen LogP contribution in [0.4, 0.5) is 0 Å². The molecule has 8 rings (SSSR count). The number of halogens is 2. The molecular formula is C48H46Cl2O2Zr. The molecule has 2 aliphatic carbocycles. The van der Waals surface area contributed by atoms with Gasteiger partial charge in [-0.1, -0.05) is 124 Å². The van der Waals surface area contributed by atoms with Crippen molar-refractivity contribution in [1.29, 1.82) is 0 Å². The number of allylic oxidation sites excluding steroid dienone is 2. The molecule has 0 saturated carbocycles. The fourth-order valence-electron chi connectivity index (χ4n) is 7.15. The van der Waals surface area contributed by atoms with Crippen LogP contribution < -0.4 is 24.8 Å². The first kappa shape index (κ1) is 42.1. The number of rotatable bonds is 8. The minimum atomic E-state index is 0. The minimum absolute atomic E-state index is 0. The van der Waals surface area contributed by atoms with Crippen LogP contribution in [0.25, 0.3) is 34.4 Å². The minimum Gasteiger partial charge on any atom is -1.00 e. The van der Waals surface area contributed by atoms with Crippen LogP contribution >= 0.6 is 0 Å². The van der Waals surface area contributed by atoms with Gasteiger partial charge in [-0.2, -0.15) is 11.1 Å². The van der Waals surface area contributed by atoms with Crippen molar-refractivity contribution in [3.63, 3.8) is 0 Å². The third-order valence-electron chi connectivity index (χ3n) is 10.6. The molecular weight excluding hydrogens is 771 g/mol. The number of benzene rings is 4. The van der Waals surface area contributed by atoms with Gasteiger partial charge >= 0.3 is 26.2 Å². The van der Waals surface area contributed by atoms with Gasteiger partial charge in [0.1, 0.15) is 11.5 Å². The summed E-state index contributed by atoms with van der Waals surface area (Å²) in [4.78, 5) is 0. The van der Waals surface area contributed by atoms with Gasteiger partial charge in [0.25, 0.3) is 0 Å². The molecule has 4 unspecified atom stereocenters. The first-order valence-corrected chi connectivity index (χ1v) is 18.1. The first-order chi connectivity index (χ1) is 24.3. The number of fused-ring (bicyclic) bond motifs is 2. The third-order valence-corrected chi connectivity index (χ3v) is 10.6. The molecule has 0 aliphatic heterocycles. The van der Waals surface area contributed by atoms with E-state index >= 15 is 0 Å². The van der Waals surface area contributed by atoms with Gasteiger partial charge in [-0.25, -0.2) is 12.2 Å². The number of furan rings is 2. The van der Waals surface area contributed by atoms with Gasteiger partial charge in [-0.15, -0.1) is 11.1 Å². The van der Waals surface area contributed by atoms with Crippen LogP contribution in [0.2, 0.25) is 0 Å². The van der Waals surface area contributed by atoms with E-state index in [1.165, 1.54) is 68.5 Å². The smallest absolute Gasteiger partial charge is 1.00 e. The van der Waals surface area contributed by atoms with Crippen LogP contribution in [0.1, 0.15) is 121 Å². The Kier molecular flexibility index (Phi) is 14.8. The number of hydrogen-bond acceptors (Lipinski definition) is 2. The van der Waals surface area contributed by atoms with Crippen LogP contribution in [-0.4, -0.2) is 0 Å². The fraction of sp³-hybridized carbons (Fsp3) is 0.250.